The molecule has 0 radical (unpaired) electrons. The summed E-state index contributed by atoms with van der Waals surface area (Å²) in [7, 11) is -0.904. The van der Waals surface area contributed by atoms with Crippen LogP contribution in [-0.4, -0.2) is 99.5 Å². The second-order valence-electron chi connectivity index (χ2n) is 14.1. The molecule has 1 N–H and O–H groups in total. The van der Waals surface area contributed by atoms with Gasteiger partial charge in [-0.3, -0.25) is 14.6 Å². The van der Waals surface area contributed by atoms with E-state index < -0.39 is 33.4 Å². The van der Waals surface area contributed by atoms with Crippen LogP contribution in [0.3, 0.4) is 0 Å². The van der Waals surface area contributed by atoms with E-state index in [1.54, 1.807) is 11.6 Å². The monoisotopic (exact) mass is 736 g/mol. The first kappa shape index (κ1) is 34.5. The molecule has 2 saturated heterocycles. The third kappa shape index (κ3) is 5.71. The molecule has 6 heterocycles. The molecule has 3 aromatic heterocycles. The second-order valence-corrected chi connectivity index (χ2v) is 16.2. The van der Waals surface area contributed by atoms with Crippen LogP contribution in [0.2, 0.25) is 0 Å². The number of phenols is 1. The van der Waals surface area contributed by atoms with Gasteiger partial charge in [0.1, 0.15) is 41.4 Å². The van der Waals surface area contributed by atoms with Crippen LogP contribution in [0.1, 0.15) is 43.9 Å². The van der Waals surface area contributed by atoms with Crippen molar-refractivity contribution in [3.63, 3.8) is 0 Å². The van der Waals surface area contributed by atoms with Gasteiger partial charge in [-0.1, -0.05) is 13.0 Å². The number of benzene rings is 2. The van der Waals surface area contributed by atoms with Crippen LogP contribution in [-0.2, 0) is 29.5 Å². The van der Waals surface area contributed by atoms with Gasteiger partial charge < -0.3 is 14.7 Å². The zero-order valence-corrected chi connectivity index (χ0v) is 29.9. The molecule has 3 aliphatic rings. The zero-order valence-electron chi connectivity index (χ0n) is 29.1. The van der Waals surface area contributed by atoms with Crippen molar-refractivity contribution in [2.45, 2.75) is 68.9 Å². The van der Waals surface area contributed by atoms with Gasteiger partial charge in [0, 0.05) is 58.0 Å². The molecule has 52 heavy (non-hydrogen) atoms. The molecular formula is C36H39F3N8O4S. The predicted octanol–water partition coefficient (Wildman–Crippen LogP) is 5.20. The molecule has 8 rings (SSSR count). The number of fused-ring (bicyclic) bond motifs is 4. The van der Waals surface area contributed by atoms with Crippen LogP contribution in [0.5, 0.6) is 11.8 Å². The maximum Gasteiger partial charge on any atom is 0.319 e. The lowest BCUT2D eigenvalue weighted by atomic mass is 9.94. The number of aryl methyl sites for hydroxylation is 2. The van der Waals surface area contributed by atoms with Crippen LogP contribution in [0.25, 0.3) is 32.9 Å². The highest BCUT2D eigenvalue weighted by atomic mass is 32.2. The van der Waals surface area contributed by atoms with E-state index in [1.807, 2.05) is 4.90 Å². The van der Waals surface area contributed by atoms with Crippen molar-refractivity contribution < 1.29 is 31.4 Å². The molecule has 274 valence electrons. The maximum atomic E-state index is 17.1. The Morgan fingerprint density at radius 3 is 2.71 bits per heavy atom. The molecule has 0 amide bonds. The number of anilines is 1. The standard InChI is InChI=1S/C36H39F3N8O4S/c1-4-25-28(38)8-7-21-13-24(48)15-26(30(21)25)32-31(39)33-27(17-40-32)34(42-35(41-33)51-20-36-9-5-11-46(36)18-22(37)16-36)45-10-6-12-47-23(19-45)14-29(43-47)52(49,50)44(2)3/h7-8,13-15,17,22,48H,4-6,9-12,16,18-20H2,1-3H3/t22-,36+/m1/s1. The van der Waals surface area contributed by atoms with E-state index in [9.17, 15) is 17.9 Å². The van der Waals surface area contributed by atoms with E-state index in [1.165, 1.54) is 50.6 Å². The number of alkyl halides is 1. The molecule has 0 aliphatic carbocycles. The van der Waals surface area contributed by atoms with Gasteiger partial charge in [0.05, 0.1) is 23.2 Å². The number of pyridine rings is 1. The molecule has 2 aromatic carbocycles. The van der Waals surface area contributed by atoms with Crippen LogP contribution >= 0.6 is 0 Å². The highest BCUT2D eigenvalue weighted by Gasteiger charge is 2.49. The summed E-state index contributed by atoms with van der Waals surface area (Å²) in [5.41, 5.74) is 0.458. The van der Waals surface area contributed by atoms with Gasteiger partial charge in [0.2, 0.25) is 0 Å². The lowest BCUT2D eigenvalue weighted by Crippen LogP contribution is -2.43. The van der Waals surface area contributed by atoms with Crippen molar-refractivity contribution in [1.29, 1.82) is 0 Å². The lowest BCUT2D eigenvalue weighted by molar-refractivity contribution is 0.107. The van der Waals surface area contributed by atoms with E-state index in [-0.39, 0.29) is 52.1 Å². The average molecular weight is 737 g/mol. The molecule has 0 unspecified atom stereocenters. The quantitative estimate of drug-likeness (QED) is 0.227. The Labute approximate surface area is 298 Å². The van der Waals surface area contributed by atoms with Crippen molar-refractivity contribution in [1.82, 2.24) is 33.9 Å². The number of aromatic nitrogens is 5. The minimum atomic E-state index is -3.79. The molecule has 0 spiro atoms. The summed E-state index contributed by atoms with van der Waals surface area (Å²) in [4.78, 5) is 17.9. The van der Waals surface area contributed by atoms with Crippen LogP contribution in [0.4, 0.5) is 19.0 Å². The number of hydrogen-bond acceptors (Lipinski definition) is 10. The molecule has 0 saturated carbocycles. The normalized spacial score (nSPS) is 20.9. The number of rotatable bonds is 8. The Balaban J connectivity index is 1.27. The molecule has 2 fully saturated rings. The summed E-state index contributed by atoms with van der Waals surface area (Å²) in [5.74, 6) is -1.08. The lowest BCUT2D eigenvalue weighted by Gasteiger charge is -2.31. The Kier molecular flexibility index (Phi) is 8.53. The number of nitrogens with zero attached hydrogens (tertiary/aromatic N) is 8. The first-order chi connectivity index (χ1) is 24.9. The van der Waals surface area contributed by atoms with Gasteiger partial charge in [-0.05, 0) is 66.8 Å². The largest absolute Gasteiger partial charge is 0.508 e. The maximum absolute atomic E-state index is 17.1. The SMILES string of the molecule is CCc1c(F)ccc2cc(O)cc(-c3ncc4c(N5CCCn6nc(S(=O)(=O)N(C)C)cc6C5)nc(OC[C@@]56CCCN5C[C@H](F)C6)nc4c3F)c12. The van der Waals surface area contributed by atoms with Gasteiger partial charge in [0.15, 0.2) is 10.8 Å². The van der Waals surface area contributed by atoms with Crippen LogP contribution in [0, 0.1) is 11.6 Å². The van der Waals surface area contributed by atoms with E-state index in [0.717, 1.165) is 23.7 Å². The number of hydrogen-bond donors (Lipinski definition) is 1. The first-order valence-electron chi connectivity index (χ1n) is 17.5. The van der Waals surface area contributed by atoms with Crippen molar-refractivity contribution in [2.75, 3.05) is 45.2 Å². The van der Waals surface area contributed by atoms with E-state index in [0.29, 0.717) is 66.7 Å². The number of phenolic OH excluding ortho intramolecular Hbond substituents is 1. The fraction of sp³-hybridized carbons (Fsp3) is 0.444. The van der Waals surface area contributed by atoms with Gasteiger partial charge in [0.25, 0.3) is 10.0 Å². The molecule has 2 atom stereocenters. The molecular weight excluding hydrogens is 698 g/mol. The summed E-state index contributed by atoms with van der Waals surface area (Å²) in [6.07, 6.45) is 3.37. The molecule has 16 heteroatoms. The number of halogens is 3. The molecule has 5 aromatic rings. The van der Waals surface area contributed by atoms with E-state index in [2.05, 4.69) is 20.0 Å². The van der Waals surface area contributed by atoms with Crippen molar-refractivity contribution in [3.8, 4) is 23.0 Å². The topological polar surface area (TPSA) is 130 Å². The minimum Gasteiger partial charge on any atom is -0.508 e. The van der Waals surface area contributed by atoms with Gasteiger partial charge in [-0.25, -0.2) is 25.9 Å². The molecule has 3 aliphatic heterocycles. The van der Waals surface area contributed by atoms with Crippen molar-refractivity contribution in [2.24, 2.45) is 0 Å². The molecule has 12 nitrogen and oxygen atoms in total. The summed E-state index contributed by atoms with van der Waals surface area (Å²) in [6, 6.07) is 7.16. The molecule has 0 bridgehead atoms. The second kappa shape index (κ2) is 12.8. The number of aromatic hydroxyl groups is 1. The van der Waals surface area contributed by atoms with Crippen molar-refractivity contribution in [3.05, 3.63) is 59.4 Å². The van der Waals surface area contributed by atoms with Gasteiger partial charge >= 0.3 is 6.01 Å². The summed E-state index contributed by atoms with van der Waals surface area (Å²) >= 11 is 0. The number of ether oxygens (including phenoxy) is 1. The number of sulfonamides is 1. The summed E-state index contributed by atoms with van der Waals surface area (Å²) < 4.78 is 81.6. The van der Waals surface area contributed by atoms with E-state index in [4.69, 9.17) is 9.72 Å². The van der Waals surface area contributed by atoms with Crippen molar-refractivity contribution >= 4 is 37.5 Å². The third-order valence-corrected chi connectivity index (χ3v) is 12.4. The first-order valence-corrected chi connectivity index (χ1v) is 18.9. The highest BCUT2D eigenvalue weighted by molar-refractivity contribution is 7.89. The summed E-state index contributed by atoms with van der Waals surface area (Å²) in [5, 5.41) is 16.2. The average Bonchev–Trinajstić information content (AvgIpc) is 3.74. The summed E-state index contributed by atoms with van der Waals surface area (Å²) in [6.45, 7) is 4.13. The smallest absolute Gasteiger partial charge is 0.319 e. The van der Waals surface area contributed by atoms with Gasteiger partial charge in [-0.15, -0.1) is 0 Å². The van der Waals surface area contributed by atoms with Crippen LogP contribution in [0.15, 0.2) is 41.6 Å². The fourth-order valence-electron chi connectivity index (χ4n) is 8.12. The highest BCUT2D eigenvalue weighted by Crippen LogP contribution is 2.42. The Hall–Kier alpha value is -4.54. The zero-order chi connectivity index (χ0) is 36.5. The Morgan fingerprint density at radius 1 is 1.10 bits per heavy atom. The minimum absolute atomic E-state index is 0.0763. The van der Waals surface area contributed by atoms with Crippen LogP contribution < -0.4 is 9.64 Å². The van der Waals surface area contributed by atoms with E-state index >= 15 is 8.78 Å². The Bertz CT molecular complexity index is 2340. The predicted molar refractivity (Wildman–Crippen MR) is 189 cm³/mol. The van der Waals surface area contributed by atoms with Gasteiger partial charge in [-0.2, -0.15) is 15.1 Å². The third-order valence-electron chi connectivity index (χ3n) is 10.7. The Morgan fingerprint density at radius 2 is 1.92 bits per heavy atom. The fourth-order valence-corrected chi connectivity index (χ4v) is 8.99.